The topological polar surface area (TPSA) is 52.9 Å². The summed E-state index contributed by atoms with van der Waals surface area (Å²) in [6.07, 6.45) is 0.602. The SMILES string of the molecule is Cc1cc2c(cc1C)[C@H](O)CC1(CCN(C[C@@H](O)c3ccc(F)c(F)c3)CC1)O2. The van der Waals surface area contributed by atoms with Gasteiger partial charge in [-0.1, -0.05) is 6.07 Å². The van der Waals surface area contributed by atoms with Gasteiger partial charge in [-0.3, -0.25) is 0 Å². The third-order valence-electron chi connectivity index (χ3n) is 6.40. The molecule has 0 aliphatic carbocycles. The monoisotopic (exact) mass is 403 g/mol. The summed E-state index contributed by atoms with van der Waals surface area (Å²) in [6.45, 7) is 5.82. The Morgan fingerprint density at radius 2 is 1.79 bits per heavy atom. The third-order valence-corrected chi connectivity index (χ3v) is 6.40. The quantitative estimate of drug-likeness (QED) is 0.815. The van der Waals surface area contributed by atoms with E-state index in [0.29, 0.717) is 31.6 Å². The van der Waals surface area contributed by atoms with Crippen molar-refractivity contribution in [1.29, 1.82) is 0 Å². The number of benzene rings is 2. The summed E-state index contributed by atoms with van der Waals surface area (Å²) in [7, 11) is 0. The number of likely N-dealkylation sites (tertiary alicyclic amines) is 1. The van der Waals surface area contributed by atoms with E-state index in [1.807, 2.05) is 26.0 Å². The lowest BCUT2D eigenvalue weighted by Gasteiger charge is -2.46. The predicted molar refractivity (Wildman–Crippen MR) is 106 cm³/mol. The number of fused-ring (bicyclic) bond motifs is 1. The van der Waals surface area contributed by atoms with Gasteiger partial charge in [0.1, 0.15) is 11.4 Å². The highest BCUT2D eigenvalue weighted by Gasteiger charge is 2.43. The minimum atomic E-state index is -0.951. The lowest BCUT2D eigenvalue weighted by molar-refractivity contribution is -0.0588. The molecule has 2 aromatic rings. The van der Waals surface area contributed by atoms with Crippen LogP contribution in [0.1, 0.15) is 53.7 Å². The molecule has 0 saturated carbocycles. The van der Waals surface area contributed by atoms with Crippen LogP contribution in [0.4, 0.5) is 8.78 Å². The van der Waals surface area contributed by atoms with E-state index in [0.717, 1.165) is 47.4 Å². The van der Waals surface area contributed by atoms with E-state index < -0.39 is 29.4 Å². The fourth-order valence-electron chi connectivity index (χ4n) is 4.42. The molecule has 29 heavy (non-hydrogen) atoms. The number of nitrogens with zero attached hydrogens (tertiary/aromatic N) is 1. The maximum Gasteiger partial charge on any atom is 0.159 e. The molecule has 4 rings (SSSR count). The molecule has 1 fully saturated rings. The summed E-state index contributed by atoms with van der Waals surface area (Å²) in [6, 6.07) is 7.52. The smallest absolute Gasteiger partial charge is 0.159 e. The molecule has 2 N–H and O–H groups in total. The molecule has 2 atom stereocenters. The summed E-state index contributed by atoms with van der Waals surface area (Å²) in [5.41, 5.74) is 3.10. The minimum Gasteiger partial charge on any atom is -0.487 e. The van der Waals surface area contributed by atoms with Crippen LogP contribution < -0.4 is 4.74 Å². The van der Waals surface area contributed by atoms with Crippen molar-refractivity contribution < 1.29 is 23.7 Å². The van der Waals surface area contributed by atoms with Gasteiger partial charge >= 0.3 is 0 Å². The van der Waals surface area contributed by atoms with Crippen LogP contribution in [-0.2, 0) is 0 Å². The van der Waals surface area contributed by atoms with Gasteiger partial charge in [-0.2, -0.15) is 0 Å². The second-order valence-corrected chi connectivity index (χ2v) is 8.47. The van der Waals surface area contributed by atoms with Crippen LogP contribution >= 0.6 is 0 Å². The molecule has 6 heteroatoms. The molecule has 1 saturated heterocycles. The lowest BCUT2D eigenvalue weighted by Crippen LogP contribution is -2.51. The second-order valence-electron chi connectivity index (χ2n) is 8.47. The zero-order valence-corrected chi connectivity index (χ0v) is 16.8. The number of aliphatic hydroxyl groups excluding tert-OH is 2. The lowest BCUT2D eigenvalue weighted by atomic mass is 9.81. The van der Waals surface area contributed by atoms with E-state index in [1.165, 1.54) is 6.07 Å². The van der Waals surface area contributed by atoms with Crippen molar-refractivity contribution in [3.05, 3.63) is 64.2 Å². The average molecular weight is 403 g/mol. The standard InChI is InChI=1S/C23H27F2NO3/c1-14-9-17-20(27)12-23(29-22(17)10-15(14)2)5-7-26(8-6-23)13-21(28)16-3-4-18(24)19(25)11-16/h3-4,9-11,20-21,27-28H,5-8,12-13H2,1-2H3/t20-,21-/m1/s1. The van der Waals surface area contributed by atoms with Crippen molar-refractivity contribution in [3.63, 3.8) is 0 Å². The molecule has 2 aromatic carbocycles. The van der Waals surface area contributed by atoms with Gasteiger partial charge in [0.25, 0.3) is 0 Å². The van der Waals surface area contributed by atoms with E-state index in [4.69, 9.17) is 4.74 Å². The molecule has 0 radical (unpaired) electrons. The molecule has 2 aliphatic heterocycles. The van der Waals surface area contributed by atoms with Crippen LogP contribution in [0, 0.1) is 25.5 Å². The first-order chi connectivity index (χ1) is 13.8. The molecular weight excluding hydrogens is 376 g/mol. The van der Waals surface area contributed by atoms with Gasteiger partial charge in [-0.25, -0.2) is 8.78 Å². The minimum absolute atomic E-state index is 0.346. The zero-order valence-electron chi connectivity index (χ0n) is 16.8. The normalized spacial score (nSPS) is 22.2. The molecule has 0 bridgehead atoms. The zero-order chi connectivity index (χ0) is 20.8. The van der Waals surface area contributed by atoms with Crippen molar-refractivity contribution in [3.8, 4) is 5.75 Å². The van der Waals surface area contributed by atoms with Gasteiger partial charge in [0.15, 0.2) is 11.6 Å². The highest BCUT2D eigenvalue weighted by molar-refractivity contribution is 5.45. The molecular formula is C23H27F2NO3. The molecule has 4 nitrogen and oxygen atoms in total. The van der Waals surface area contributed by atoms with Gasteiger partial charge in [-0.15, -0.1) is 0 Å². The summed E-state index contributed by atoms with van der Waals surface area (Å²) in [4.78, 5) is 2.10. The second kappa shape index (κ2) is 7.67. The number of β-amino-alcohol motifs (C(OH)–C–C–N with tert-alkyl or cyclic N) is 1. The Hall–Kier alpha value is -2.02. The van der Waals surface area contributed by atoms with Gasteiger partial charge < -0.3 is 19.8 Å². The average Bonchev–Trinajstić information content (AvgIpc) is 2.68. The summed E-state index contributed by atoms with van der Waals surface area (Å²) < 4.78 is 32.9. The van der Waals surface area contributed by atoms with Gasteiger partial charge in [0.2, 0.25) is 0 Å². The van der Waals surface area contributed by atoms with E-state index in [1.54, 1.807) is 0 Å². The maximum absolute atomic E-state index is 13.4. The third kappa shape index (κ3) is 4.02. The van der Waals surface area contributed by atoms with Gasteiger partial charge in [-0.05, 0) is 67.6 Å². The molecule has 2 aliphatic rings. The van der Waals surface area contributed by atoms with E-state index in [9.17, 15) is 19.0 Å². The van der Waals surface area contributed by atoms with Crippen molar-refractivity contribution in [2.75, 3.05) is 19.6 Å². The van der Waals surface area contributed by atoms with Crippen LogP contribution in [0.15, 0.2) is 30.3 Å². The first-order valence-corrected chi connectivity index (χ1v) is 10.1. The summed E-state index contributed by atoms with van der Waals surface area (Å²) in [5.74, 6) is -1.10. The summed E-state index contributed by atoms with van der Waals surface area (Å²) in [5, 5.41) is 21.1. The Balaban J connectivity index is 1.41. The van der Waals surface area contributed by atoms with E-state index in [2.05, 4.69) is 4.90 Å². The maximum atomic E-state index is 13.4. The number of hydrogen-bond donors (Lipinski definition) is 2. The Morgan fingerprint density at radius 3 is 2.48 bits per heavy atom. The van der Waals surface area contributed by atoms with E-state index >= 15 is 0 Å². The van der Waals surface area contributed by atoms with Crippen LogP contribution in [-0.4, -0.2) is 40.3 Å². The molecule has 1 spiro atoms. The Morgan fingerprint density at radius 1 is 1.10 bits per heavy atom. The van der Waals surface area contributed by atoms with Crippen molar-refractivity contribution in [1.82, 2.24) is 4.90 Å². The van der Waals surface area contributed by atoms with Crippen molar-refractivity contribution >= 4 is 0 Å². The highest BCUT2D eigenvalue weighted by atomic mass is 19.2. The number of piperidine rings is 1. The number of ether oxygens (including phenoxy) is 1. The fraction of sp³-hybridized carbons (Fsp3) is 0.478. The fourth-order valence-corrected chi connectivity index (χ4v) is 4.42. The van der Waals surface area contributed by atoms with Crippen LogP contribution in [0.5, 0.6) is 5.75 Å². The highest BCUT2D eigenvalue weighted by Crippen LogP contribution is 2.45. The van der Waals surface area contributed by atoms with Crippen LogP contribution in [0.3, 0.4) is 0 Å². The van der Waals surface area contributed by atoms with Crippen molar-refractivity contribution in [2.45, 2.75) is 50.9 Å². The van der Waals surface area contributed by atoms with E-state index in [-0.39, 0.29) is 0 Å². The Labute approximate surface area is 169 Å². The molecule has 0 aromatic heterocycles. The van der Waals surface area contributed by atoms with Crippen molar-refractivity contribution in [2.24, 2.45) is 0 Å². The Kier molecular flexibility index (Phi) is 5.36. The predicted octanol–water partition coefficient (Wildman–Crippen LogP) is 3.97. The molecule has 2 heterocycles. The molecule has 0 amide bonds. The largest absolute Gasteiger partial charge is 0.487 e. The first kappa shape index (κ1) is 20.3. The van der Waals surface area contributed by atoms with Gasteiger partial charge in [0, 0.05) is 31.6 Å². The van der Waals surface area contributed by atoms with Crippen LogP contribution in [0.2, 0.25) is 0 Å². The number of aryl methyl sites for hydroxylation is 2. The summed E-state index contributed by atoms with van der Waals surface area (Å²) >= 11 is 0. The molecule has 0 unspecified atom stereocenters. The number of rotatable bonds is 3. The van der Waals surface area contributed by atoms with Crippen LogP contribution in [0.25, 0.3) is 0 Å². The first-order valence-electron chi connectivity index (χ1n) is 10.1. The number of aliphatic hydroxyl groups is 2. The van der Waals surface area contributed by atoms with Gasteiger partial charge in [0.05, 0.1) is 12.2 Å². The number of hydrogen-bond acceptors (Lipinski definition) is 4. The molecule has 156 valence electrons. The Bertz CT molecular complexity index is 909. The number of halogens is 2.